The first-order valence-electron chi connectivity index (χ1n) is 7.28. The minimum atomic E-state index is -0.307. The third-order valence-electron chi connectivity index (χ3n) is 3.17. The van der Waals surface area contributed by atoms with Crippen molar-refractivity contribution in [3.05, 3.63) is 48.0 Å². The summed E-state index contributed by atoms with van der Waals surface area (Å²) in [4.78, 5) is 13.8. The van der Waals surface area contributed by atoms with Crippen molar-refractivity contribution >= 4 is 5.97 Å². The maximum absolute atomic E-state index is 11.4. The molecule has 0 radical (unpaired) electrons. The second-order valence-corrected chi connectivity index (χ2v) is 4.77. The molecule has 0 spiro atoms. The number of nitrogens with zero attached hydrogens (tertiary/aromatic N) is 1. The van der Waals surface area contributed by atoms with E-state index < -0.39 is 0 Å². The van der Waals surface area contributed by atoms with Gasteiger partial charge in [0.25, 0.3) is 0 Å². The lowest BCUT2D eigenvalue weighted by molar-refractivity contribution is -0.134. The monoisotopic (exact) mass is 275 g/mol. The van der Waals surface area contributed by atoms with Crippen LogP contribution in [0.25, 0.3) is 0 Å². The van der Waals surface area contributed by atoms with Gasteiger partial charge in [-0.15, -0.1) is 0 Å². The Morgan fingerprint density at radius 1 is 1.20 bits per heavy atom. The van der Waals surface area contributed by atoms with E-state index in [-0.39, 0.29) is 12.0 Å². The van der Waals surface area contributed by atoms with Gasteiger partial charge in [0.05, 0.1) is 13.2 Å². The molecule has 1 atom stereocenters. The van der Waals surface area contributed by atoms with Gasteiger partial charge in [0.15, 0.2) is 0 Å². The Kier molecular flexibility index (Phi) is 7.66. The lowest BCUT2D eigenvalue weighted by Gasteiger charge is -2.29. The van der Waals surface area contributed by atoms with Gasteiger partial charge in [0.1, 0.15) is 0 Å². The van der Waals surface area contributed by atoms with Gasteiger partial charge in [0.2, 0.25) is 0 Å². The van der Waals surface area contributed by atoms with Crippen LogP contribution in [0.4, 0.5) is 0 Å². The largest absolute Gasteiger partial charge is 0.466 e. The van der Waals surface area contributed by atoms with Crippen molar-refractivity contribution < 1.29 is 9.53 Å². The third-order valence-corrected chi connectivity index (χ3v) is 3.17. The lowest BCUT2D eigenvalue weighted by Crippen LogP contribution is -2.29. The molecule has 0 aromatic heterocycles. The molecular formula is C17H25NO2. The summed E-state index contributed by atoms with van der Waals surface area (Å²) in [5.41, 5.74) is 1.20. The van der Waals surface area contributed by atoms with E-state index in [0.717, 1.165) is 25.9 Å². The molecule has 1 aromatic carbocycles. The molecule has 1 rings (SSSR count). The highest BCUT2D eigenvalue weighted by Gasteiger charge is 2.16. The first-order chi connectivity index (χ1) is 9.72. The second-order valence-electron chi connectivity index (χ2n) is 4.77. The maximum Gasteiger partial charge on any atom is 0.330 e. The number of ether oxygens (including phenoxy) is 1. The summed E-state index contributed by atoms with van der Waals surface area (Å²) in [5, 5.41) is 0. The van der Waals surface area contributed by atoms with Crippen LogP contribution in [0.15, 0.2) is 42.5 Å². The molecule has 0 unspecified atom stereocenters. The number of methoxy groups -OCH3 is 1. The van der Waals surface area contributed by atoms with Crippen molar-refractivity contribution in [1.29, 1.82) is 0 Å². The van der Waals surface area contributed by atoms with Crippen LogP contribution in [0.3, 0.4) is 0 Å². The summed E-state index contributed by atoms with van der Waals surface area (Å²) >= 11 is 0. The lowest BCUT2D eigenvalue weighted by atomic mass is 10.0. The summed E-state index contributed by atoms with van der Waals surface area (Å²) in [7, 11) is 1.40. The summed E-state index contributed by atoms with van der Waals surface area (Å²) < 4.78 is 4.69. The van der Waals surface area contributed by atoms with Crippen LogP contribution < -0.4 is 0 Å². The van der Waals surface area contributed by atoms with Gasteiger partial charge in [-0.2, -0.15) is 0 Å². The van der Waals surface area contributed by atoms with Crippen LogP contribution in [0.1, 0.15) is 38.3 Å². The molecule has 0 amide bonds. The number of carbonyl (C=O) groups excluding carboxylic acids is 1. The van der Waals surface area contributed by atoms with Gasteiger partial charge in [0, 0.05) is 6.08 Å². The first-order valence-corrected chi connectivity index (χ1v) is 7.28. The highest BCUT2D eigenvalue weighted by atomic mass is 16.5. The van der Waals surface area contributed by atoms with Crippen molar-refractivity contribution in [1.82, 2.24) is 4.90 Å². The second kappa shape index (κ2) is 9.32. The first kappa shape index (κ1) is 16.4. The fraction of sp³-hybridized carbons (Fsp3) is 0.471. The zero-order valence-electron chi connectivity index (χ0n) is 12.7. The average Bonchev–Trinajstić information content (AvgIpc) is 2.48. The smallest absolute Gasteiger partial charge is 0.330 e. The molecule has 0 saturated heterocycles. The molecule has 0 N–H and O–H groups in total. The molecule has 20 heavy (non-hydrogen) atoms. The number of hydrogen-bond donors (Lipinski definition) is 0. The minimum Gasteiger partial charge on any atom is -0.466 e. The Morgan fingerprint density at radius 2 is 1.80 bits per heavy atom. The maximum atomic E-state index is 11.4. The molecular weight excluding hydrogens is 250 g/mol. The van der Waals surface area contributed by atoms with E-state index in [9.17, 15) is 4.79 Å². The van der Waals surface area contributed by atoms with E-state index in [0.29, 0.717) is 0 Å². The van der Waals surface area contributed by atoms with E-state index >= 15 is 0 Å². The normalized spacial score (nSPS) is 12.8. The van der Waals surface area contributed by atoms with E-state index in [2.05, 4.69) is 30.9 Å². The van der Waals surface area contributed by atoms with Crippen LogP contribution in [0.2, 0.25) is 0 Å². The summed E-state index contributed by atoms with van der Waals surface area (Å²) in [6.45, 7) is 6.38. The average molecular weight is 275 g/mol. The van der Waals surface area contributed by atoms with Gasteiger partial charge in [-0.3, -0.25) is 4.90 Å². The van der Waals surface area contributed by atoms with Gasteiger partial charge in [-0.05, 0) is 31.5 Å². The molecule has 0 fully saturated rings. The molecule has 1 aromatic rings. The van der Waals surface area contributed by atoms with Crippen LogP contribution in [-0.4, -0.2) is 31.1 Å². The number of carbonyl (C=O) groups is 1. The Balaban J connectivity index is 2.98. The van der Waals surface area contributed by atoms with E-state index in [4.69, 9.17) is 4.74 Å². The summed E-state index contributed by atoms with van der Waals surface area (Å²) in [6.07, 6.45) is 5.65. The highest BCUT2D eigenvalue weighted by Crippen LogP contribution is 2.22. The van der Waals surface area contributed by atoms with Crippen LogP contribution >= 0.6 is 0 Å². The number of hydrogen-bond acceptors (Lipinski definition) is 3. The van der Waals surface area contributed by atoms with E-state index in [1.807, 2.05) is 24.3 Å². The quantitative estimate of drug-likeness (QED) is 0.536. The van der Waals surface area contributed by atoms with Gasteiger partial charge < -0.3 is 4.74 Å². The van der Waals surface area contributed by atoms with Crippen LogP contribution in [-0.2, 0) is 9.53 Å². The third kappa shape index (κ3) is 5.17. The summed E-state index contributed by atoms with van der Waals surface area (Å²) in [5.74, 6) is -0.307. The number of esters is 1. The zero-order valence-corrected chi connectivity index (χ0v) is 12.7. The number of benzene rings is 1. The van der Waals surface area contributed by atoms with Gasteiger partial charge in [-0.1, -0.05) is 50.3 Å². The van der Waals surface area contributed by atoms with Crippen molar-refractivity contribution in [2.75, 3.05) is 20.2 Å². The molecule has 3 heteroatoms. The Hall–Kier alpha value is -1.61. The predicted octanol–water partition coefficient (Wildman–Crippen LogP) is 3.58. The van der Waals surface area contributed by atoms with E-state index in [1.165, 1.54) is 18.7 Å². The summed E-state index contributed by atoms with van der Waals surface area (Å²) in [6, 6.07) is 10.4. The van der Waals surface area contributed by atoms with Crippen LogP contribution in [0, 0.1) is 0 Å². The van der Waals surface area contributed by atoms with E-state index in [1.54, 1.807) is 0 Å². The van der Waals surface area contributed by atoms with Crippen molar-refractivity contribution in [2.24, 2.45) is 0 Å². The van der Waals surface area contributed by atoms with Crippen molar-refractivity contribution in [3.63, 3.8) is 0 Å². The predicted molar refractivity (Wildman–Crippen MR) is 82.5 cm³/mol. The Labute approximate surface area is 122 Å². The zero-order chi connectivity index (χ0) is 14.8. The van der Waals surface area contributed by atoms with Gasteiger partial charge >= 0.3 is 5.97 Å². The Bertz CT molecular complexity index is 408. The topological polar surface area (TPSA) is 29.5 Å². The van der Waals surface area contributed by atoms with Crippen LogP contribution in [0.5, 0.6) is 0 Å². The fourth-order valence-corrected chi connectivity index (χ4v) is 2.30. The molecule has 3 nitrogen and oxygen atoms in total. The molecule has 0 heterocycles. The minimum absolute atomic E-state index is 0.121. The number of rotatable bonds is 8. The Morgan fingerprint density at radius 3 is 2.30 bits per heavy atom. The standard InChI is InChI=1S/C17H25NO2/c1-4-13-18(14-5-2)16(11-12-17(19)20-3)15-9-7-6-8-10-15/h6-12,16H,4-5,13-14H2,1-3H3/b12-11+/t16-/m1/s1. The van der Waals surface area contributed by atoms with Gasteiger partial charge in [-0.25, -0.2) is 4.79 Å². The molecule has 0 saturated carbocycles. The molecule has 0 aliphatic rings. The van der Waals surface area contributed by atoms with Crippen molar-refractivity contribution in [3.8, 4) is 0 Å². The fourth-order valence-electron chi connectivity index (χ4n) is 2.30. The molecule has 110 valence electrons. The molecule has 0 bridgehead atoms. The van der Waals surface area contributed by atoms with Crippen molar-refractivity contribution in [2.45, 2.75) is 32.7 Å². The highest BCUT2D eigenvalue weighted by molar-refractivity contribution is 5.81. The molecule has 0 aliphatic carbocycles. The SMILES string of the molecule is CCCN(CCC)[C@H](/C=C/C(=O)OC)c1ccccc1. The molecule has 0 aliphatic heterocycles.